The summed E-state index contributed by atoms with van der Waals surface area (Å²) in [6, 6.07) is 2.94. The molecule has 0 radical (unpaired) electrons. The summed E-state index contributed by atoms with van der Waals surface area (Å²) in [4.78, 5) is 25.8. The van der Waals surface area contributed by atoms with E-state index in [1.807, 2.05) is 0 Å². The first kappa shape index (κ1) is 19.8. The Balaban J connectivity index is 2.18. The maximum atomic E-state index is 13.2. The van der Waals surface area contributed by atoms with E-state index in [0.29, 0.717) is 5.75 Å². The molecule has 8 nitrogen and oxygen atoms in total. The van der Waals surface area contributed by atoms with Crippen molar-refractivity contribution in [3.63, 3.8) is 0 Å². The van der Waals surface area contributed by atoms with Gasteiger partial charge < -0.3 is 28.5 Å². The predicted molar refractivity (Wildman–Crippen MR) is 101 cm³/mol. The molecule has 0 unspecified atom stereocenters. The van der Waals surface area contributed by atoms with Crippen LogP contribution in [0.2, 0.25) is 0 Å². The minimum atomic E-state index is -0.516. The summed E-state index contributed by atoms with van der Waals surface area (Å²) < 4.78 is 26.3. The van der Waals surface area contributed by atoms with Gasteiger partial charge in [-0.15, -0.1) is 0 Å². The number of ether oxygens (including phenoxy) is 4. The Morgan fingerprint density at radius 3 is 2.18 bits per heavy atom. The van der Waals surface area contributed by atoms with Crippen LogP contribution in [0.5, 0.6) is 17.2 Å². The predicted octanol–water partition coefficient (Wildman–Crippen LogP) is 3.76. The van der Waals surface area contributed by atoms with E-state index >= 15 is 0 Å². The molecular weight excluding hydrogens is 436 g/mol. The second-order valence-electron chi connectivity index (χ2n) is 5.77. The van der Waals surface area contributed by atoms with Crippen LogP contribution in [-0.2, 0) is 4.74 Å². The molecule has 0 spiro atoms. The van der Waals surface area contributed by atoms with Gasteiger partial charge in [0.25, 0.3) is 0 Å². The van der Waals surface area contributed by atoms with Gasteiger partial charge >= 0.3 is 0 Å². The van der Waals surface area contributed by atoms with Crippen molar-refractivity contribution in [3.8, 4) is 17.2 Å². The first-order chi connectivity index (χ1) is 13.4. The zero-order chi connectivity index (χ0) is 20.6. The summed E-state index contributed by atoms with van der Waals surface area (Å²) in [6.07, 6.45) is -0.184. The van der Waals surface area contributed by atoms with E-state index in [1.165, 1.54) is 40.6 Å². The Hall–Kier alpha value is -2.94. The lowest BCUT2D eigenvalue weighted by molar-refractivity contribution is 0.0951. The Morgan fingerprint density at radius 1 is 1.07 bits per heavy atom. The third-order valence-electron chi connectivity index (χ3n) is 4.34. The molecule has 2 aromatic rings. The van der Waals surface area contributed by atoms with E-state index in [1.54, 1.807) is 0 Å². The number of allylic oxidation sites excluding steroid dienone is 1. The summed E-state index contributed by atoms with van der Waals surface area (Å²) in [5.41, 5.74) is 0.174. The molecule has 1 aliphatic rings. The van der Waals surface area contributed by atoms with E-state index in [4.69, 9.17) is 23.4 Å². The largest absolute Gasteiger partial charge is 0.502 e. The minimum absolute atomic E-state index is 0.00373. The smallest absolute Gasteiger partial charge is 0.203 e. The van der Waals surface area contributed by atoms with Crippen molar-refractivity contribution in [2.45, 2.75) is 6.42 Å². The lowest BCUT2D eigenvalue weighted by Crippen LogP contribution is -2.16. The lowest BCUT2D eigenvalue weighted by Gasteiger charge is -2.15. The molecular formula is C19H17BrO8. The molecule has 0 saturated heterocycles. The number of ketones is 2. The fourth-order valence-corrected chi connectivity index (χ4v) is 3.55. The molecule has 1 aromatic heterocycles. The van der Waals surface area contributed by atoms with Crippen molar-refractivity contribution < 1.29 is 38.1 Å². The molecule has 9 heteroatoms. The number of furan rings is 1. The van der Waals surface area contributed by atoms with Gasteiger partial charge in [0.15, 0.2) is 39.3 Å². The number of rotatable bonds is 6. The lowest BCUT2D eigenvalue weighted by atomic mass is 9.92. The first-order valence-electron chi connectivity index (χ1n) is 8.04. The van der Waals surface area contributed by atoms with Crippen molar-refractivity contribution in [1.29, 1.82) is 0 Å². The van der Waals surface area contributed by atoms with E-state index < -0.39 is 11.6 Å². The molecule has 1 heterocycles. The van der Waals surface area contributed by atoms with E-state index in [-0.39, 0.29) is 56.6 Å². The van der Waals surface area contributed by atoms with Crippen LogP contribution in [0.15, 0.2) is 27.0 Å². The van der Waals surface area contributed by atoms with Gasteiger partial charge in [-0.1, -0.05) is 0 Å². The van der Waals surface area contributed by atoms with Gasteiger partial charge in [-0.2, -0.15) is 0 Å². The Bertz CT molecular complexity index is 977. The van der Waals surface area contributed by atoms with Crippen molar-refractivity contribution in [1.82, 2.24) is 0 Å². The summed E-state index contributed by atoms with van der Waals surface area (Å²) in [5.74, 6) is -0.379. The normalized spacial score (nSPS) is 13.2. The van der Waals surface area contributed by atoms with Crippen molar-refractivity contribution in [3.05, 3.63) is 45.0 Å². The minimum Gasteiger partial charge on any atom is -0.502 e. The fraction of sp³-hybridized carbons (Fsp3) is 0.263. The summed E-state index contributed by atoms with van der Waals surface area (Å²) in [6.45, 7) is 0. The number of methoxy groups -OCH3 is 4. The second kappa shape index (κ2) is 7.59. The molecule has 0 bridgehead atoms. The van der Waals surface area contributed by atoms with Crippen LogP contribution in [0.25, 0.3) is 5.76 Å². The molecule has 0 atom stereocenters. The monoisotopic (exact) mass is 452 g/mol. The summed E-state index contributed by atoms with van der Waals surface area (Å²) in [5, 5.41) is 10.3. The Morgan fingerprint density at radius 2 is 1.68 bits per heavy atom. The van der Waals surface area contributed by atoms with Gasteiger partial charge in [-0.3, -0.25) is 9.59 Å². The molecule has 28 heavy (non-hydrogen) atoms. The molecule has 0 amide bonds. The maximum absolute atomic E-state index is 13.2. The number of hydrogen-bond acceptors (Lipinski definition) is 8. The third-order valence-corrected chi connectivity index (χ3v) is 4.90. The van der Waals surface area contributed by atoms with Crippen LogP contribution >= 0.6 is 15.9 Å². The standard InChI is InChI=1S/C19H17BrO8/c1-24-10-7-9(21)13-14(19(20)28-18(13)16(10)23)15(22)8-5-11(25-2)17(27-4)12(6-8)26-3/h5-6,23H,7H2,1-4H3. The quantitative estimate of drug-likeness (QED) is 0.660. The van der Waals surface area contributed by atoms with Crippen LogP contribution in [0.3, 0.4) is 0 Å². The maximum Gasteiger partial charge on any atom is 0.203 e. The highest BCUT2D eigenvalue weighted by atomic mass is 79.9. The van der Waals surface area contributed by atoms with Gasteiger partial charge in [0, 0.05) is 5.56 Å². The van der Waals surface area contributed by atoms with E-state index in [2.05, 4.69) is 15.9 Å². The number of Topliss-reactive ketones (excluding diaryl/α,β-unsaturated/α-hetero) is 1. The van der Waals surface area contributed by atoms with Gasteiger partial charge in [-0.25, -0.2) is 0 Å². The highest BCUT2D eigenvalue weighted by molar-refractivity contribution is 9.10. The number of fused-ring (bicyclic) bond motifs is 1. The zero-order valence-electron chi connectivity index (χ0n) is 15.5. The zero-order valence-corrected chi connectivity index (χ0v) is 17.1. The van der Waals surface area contributed by atoms with Crippen molar-refractivity contribution in [2.75, 3.05) is 28.4 Å². The molecule has 0 saturated carbocycles. The molecule has 1 N–H and O–H groups in total. The Labute approximate surface area is 168 Å². The van der Waals surface area contributed by atoms with Crippen LogP contribution in [0.1, 0.15) is 38.5 Å². The molecule has 3 rings (SSSR count). The van der Waals surface area contributed by atoms with Crippen LogP contribution in [0, 0.1) is 0 Å². The number of aliphatic hydroxyl groups excluding tert-OH is 1. The number of aliphatic hydroxyl groups is 1. The summed E-state index contributed by atoms with van der Waals surface area (Å²) >= 11 is 3.17. The highest BCUT2D eigenvalue weighted by Crippen LogP contribution is 2.42. The number of halogens is 1. The van der Waals surface area contributed by atoms with Crippen molar-refractivity contribution in [2.24, 2.45) is 0 Å². The third kappa shape index (κ3) is 3.01. The average molecular weight is 453 g/mol. The average Bonchev–Trinajstić information content (AvgIpc) is 3.06. The fourth-order valence-electron chi connectivity index (χ4n) is 3.01. The van der Waals surface area contributed by atoms with E-state index in [9.17, 15) is 14.7 Å². The number of carbonyl (C=O) groups is 2. The number of hydrogen-bond donors (Lipinski definition) is 1. The van der Waals surface area contributed by atoms with Crippen LogP contribution in [-0.4, -0.2) is 45.1 Å². The van der Waals surface area contributed by atoms with Gasteiger partial charge in [-0.05, 0) is 28.1 Å². The molecule has 0 aliphatic heterocycles. The Kier molecular flexibility index (Phi) is 5.37. The van der Waals surface area contributed by atoms with Crippen LogP contribution < -0.4 is 14.2 Å². The SMILES string of the molecule is COC1=C(O)c2oc(Br)c(C(=O)c3cc(OC)c(OC)c(OC)c3)c2C(=O)C1. The second-order valence-corrected chi connectivity index (χ2v) is 6.49. The van der Waals surface area contributed by atoms with E-state index in [0.717, 1.165) is 0 Å². The highest BCUT2D eigenvalue weighted by Gasteiger charge is 2.37. The van der Waals surface area contributed by atoms with Crippen molar-refractivity contribution >= 4 is 33.3 Å². The van der Waals surface area contributed by atoms with Crippen LogP contribution in [0.4, 0.5) is 0 Å². The number of carbonyl (C=O) groups excluding carboxylic acids is 2. The molecule has 0 fully saturated rings. The van der Waals surface area contributed by atoms with Gasteiger partial charge in [0.2, 0.25) is 5.75 Å². The molecule has 1 aliphatic carbocycles. The van der Waals surface area contributed by atoms with Gasteiger partial charge in [0.1, 0.15) is 5.76 Å². The molecule has 1 aromatic carbocycles. The first-order valence-corrected chi connectivity index (χ1v) is 8.83. The van der Waals surface area contributed by atoms with Gasteiger partial charge in [0.05, 0.1) is 46.0 Å². The summed E-state index contributed by atoms with van der Waals surface area (Å²) in [7, 11) is 5.65. The number of benzene rings is 1. The molecule has 148 valence electrons. The topological polar surface area (TPSA) is 104 Å².